The fraction of sp³-hybridized carbons (Fsp3) is 0.857. The molecule has 0 fully saturated rings. The Morgan fingerprint density at radius 2 is 1.05 bits per heavy atom. The maximum atomic E-state index is 10.8. The summed E-state index contributed by atoms with van der Waals surface area (Å²) in [5, 5.41) is 0. The van der Waals surface area contributed by atoms with Crippen molar-refractivity contribution >= 4 is 5.78 Å². The zero-order valence-corrected chi connectivity index (χ0v) is 15.4. The quantitative estimate of drug-likeness (QED) is 0.202. The van der Waals surface area contributed by atoms with Gasteiger partial charge in [0, 0.05) is 6.42 Å². The molecule has 0 N–H and O–H groups in total. The maximum absolute atomic E-state index is 10.8. The number of hydrogen-bond acceptors (Lipinski definition) is 1. The van der Waals surface area contributed by atoms with E-state index in [1.54, 1.807) is 6.92 Å². The number of Topliss-reactive ketones (excluding diaryl/α,β-unsaturated/α-hetero) is 1. The van der Waals surface area contributed by atoms with Gasteiger partial charge in [-0.15, -0.1) is 0 Å². The highest BCUT2D eigenvalue weighted by atomic mass is 16.1. The van der Waals surface area contributed by atoms with Crippen LogP contribution in [0, 0.1) is 0 Å². The fourth-order valence-electron chi connectivity index (χ4n) is 2.80. The molecular weight excluding hydrogens is 268 g/mol. The van der Waals surface area contributed by atoms with E-state index in [0.29, 0.717) is 5.78 Å². The third-order valence-corrected chi connectivity index (χ3v) is 4.29. The van der Waals surface area contributed by atoms with Crippen molar-refractivity contribution in [2.45, 2.75) is 117 Å². The van der Waals surface area contributed by atoms with Gasteiger partial charge in [0.25, 0.3) is 0 Å². The van der Waals surface area contributed by atoms with Crippen LogP contribution in [0.2, 0.25) is 0 Å². The summed E-state index contributed by atoms with van der Waals surface area (Å²) in [6.45, 7) is 3.97. The molecule has 0 saturated heterocycles. The molecule has 0 spiro atoms. The topological polar surface area (TPSA) is 17.1 Å². The average molecular weight is 309 g/mol. The number of ketones is 1. The molecule has 0 aromatic rings. The Bertz CT molecular complexity index is 255. The molecule has 0 saturated carbocycles. The van der Waals surface area contributed by atoms with E-state index in [1.807, 2.05) is 0 Å². The molecule has 0 aromatic carbocycles. The molecule has 0 unspecified atom stereocenters. The van der Waals surface area contributed by atoms with Crippen molar-refractivity contribution in [3.63, 3.8) is 0 Å². The third kappa shape index (κ3) is 19.4. The van der Waals surface area contributed by atoms with Crippen LogP contribution in [0.25, 0.3) is 0 Å². The van der Waals surface area contributed by atoms with Crippen molar-refractivity contribution < 1.29 is 4.79 Å². The summed E-state index contributed by atoms with van der Waals surface area (Å²) < 4.78 is 0. The SMILES string of the molecule is CCCCCCCC/C=C/CCCCCCCCCC(C)=O. The van der Waals surface area contributed by atoms with E-state index < -0.39 is 0 Å². The van der Waals surface area contributed by atoms with Crippen LogP contribution in [-0.2, 0) is 4.79 Å². The standard InChI is InChI=1S/C21H40O/c1-3-4-5-6-7-8-9-10-11-12-13-14-15-16-17-18-19-20-21(2)22/h10-11H,3-9,12-20H2,1-2H3/b11-10+. The van der Waals surface area contributed by atoms with Crippen LogP contribution >= 0.6 is 0 Å². The van der Waals surface area contributed by atoms with Crippen LogP contribution in [0.3, 0.4) is 0 Å². The van der Waals surface area contributed by atoms with Gasteiger partial charge in [-0.05, 0) is 39.0 Å². The Labute approximate surface area is 140 Å². The van der Waals surface area contributed by atoms with E-state index in [0.717, 1.165) is 12.8 Å². The molecule has 0 aliphatic heterocycles. The summed E-state index contributed by atoms with van der Waals surface area (Å²) in [4.78, 5) is 10.8. The lowest BCUT2D eigenvalue weighted by Gasteiger charge is -2.00. The second kappa shape index (κ2) is 18.5. The van der Waals surface area contributed by atoms with Gasteiger partial charge in [0.1, 0.15) is 5.78 Å². The Kier molecular flexibility index (Phi) is 18.0. The third-order valence-electron chi connectivity index (χ3n) is 4.29. The highest BCUT2D eigenvalue weighted by Gasteiger charge is 1.94. The number of hydrogen-bond donors (Lipinski definition) is 0. The zero-order chi connectivity index (χ0) is 16.3. The average Bonchev–Trinajstić information content (AvgIpc) is 2.50. The van der Waals surface area contributed by atoms with Crippen LogP contribution in [0.5, 0.6) is 0 Å². The van der Waals surface area contributed by atoms with Crippen molar-refractivity contribution in [3.05, 3.63) is 12.2 Å². The molecule has 0 aromatic heterocycles. The molecule has 22 heavy (non-hydrogen) atoms. The van der Waals surface area contributed by atoms with Crippen LogP contribution in [0.4, 0.5) is 0 Å². The van der Waals surface area contributed by atoms with Gasteiger partial charge in [-0.3, -0.25) is 0 Å². The molecule has 1 nitrogen and oxygen atoms in total. The van der Waals surface area contributed by atoms with Gasteiger partial charge < -0.3 is 4.79 Å². The predicted molar refractivity (Wildman–Crippen MR) is 99.4 cm³/mol. The lowest BCUT2D eigenvalue weighted by Crippen LogP contribution is -1.89. The smallest absolute Gasteiger partial charge is 0.129 e. The summed E-state index contributed by atoms with van der Waals surface area (Å²) in [5.41, 5.74) is 0. The Balaban J connectivity index is 3.06. The molecule has 0 aliphatic carbocycles. The predicted octanol–water partition coefficient (Wildman–Crippen LogP) is 7.39. The molecule has 0 heterocycles. The van der Waals surface area contributed by atoms with Gasteiger partial charge in [-0.2, -0.15) is 0 Å². The Hall–Kier alpha value is -0.590. The summed E-state index contributed by atoms with van der Waals surface area (Å²) in [7, 11) is 0. The number of rotatable bonds is 17. The Morgan fingerprint density at radius 1 is 0.636 bits per heavy atom. The molecule has 0 bridgehead atoms. The van der Waals surface area contributed by atoms with Crippen LogP contribution in [0.15, 0.2) is 12.2 Å². The number of carbonyl (C=O) groups is 1. The van der Waals surface area contributed by atoms with E-state index in [9.17, 15) is 4.79 Å². The van der Waals surface area contributed by atoms with Crippen molar-refractivity contribution in [1.82, 2.24) is 0 Å². The molecule has 1 heteroatoms. The number of unbranched alkanes of at least 4 members (excludes halogenated alkanes) is 13. The van der Waals surface area contributed by atoms with E-state index >= 15 is 0 Å². The van der Waals surface area contributed by atoms with Gasteiger partial charge in [-0.25, -0.2) is 0 Å². The molecule has 130 valence electrons. The first-order valence-corrected chi connectivity index (χ1v) is 9.91. The second-order valence-corrected chi connectivity index (χ2v) is 6.74. The van der Waals surface area contributed by atoms with Gasteiger partial charge in [0.15, 0.2) is 0 Å². The normalized spacial score (nSPS) is 11.4. The van der Waals surface area contributed by atoms with Crippen molar-refractivity contribution in [1.29, 1.82) is 0 Å². The number of allylic oxidation sites excluding steroid dienone is 2. The van der Waals surface area contributed by atoms with Gasteiger partial charge in [0.2, 0.25) is 0 Å². The van der Waals surface area contributed by atoms with E-state index in [-0.39, 0.29) is 0 Å². The van der Waals surface area contributed by atoms with Crippen LogP contribution in [-0.4, -0.2) is 5.78 Å². The summed E-state index contributed by atoms with van der Waals surface area (Å²) in [5.74, 6) is 0.341. The van der Waals surface area contributed by atoms with Crippen molar-refractivity contribution in [2.75, 3.05) is 0 Å². The van der Waals surface area contributed by atoms with Crippen molar-refractivity contribution in [3.8, 4) is 0 Å². The monoisotopic (exact) mass is 308 g/mol. The van der Waals surface area contributed by atoms with Gasteiger partial charge >= 0.3 is 0 Å². The lowest BCUT2D eigenvalue weighted by atomic mass is 10.1. The molecule has 0 amide bonds. The minimum atomic E-state index is 0.341. The Morgan fingerprint density at radius 3 is 1.50 bits per heavy atom. The largest absolute Gasteiger partial charge is 0.300 e. The molecular formula is C21H40O. The highest BCUT2D eigenvalue weighted by molar-refractivity contribution is 5.75. The minimum absolute atomic E-state index is 0.341. The van der Waals surface area contributed by atoms with E-state index in [4.69, 9.17) is 0 Å². The number of carbonyl (C=O) groups excluding carboxylic acids is 1. The summed E-state index contributed by atoms with van der Waals surface area (Å²) in [6, 6.07) is 0. The fourth-order valence-corrected chi connectivity index (χ4v) is 2.80. The highest BCUT2D eigenvalue weighted by Crippen LogP contribution is 2.11. The van der Waals surface area contributed by atoms with Crippen molar-refractivity contribution in [2.24, 2.45) is 0 Å². The zero-order valence-electron chi connectivity index (χ0n) is 15.4. The first-order chi connectivity index (χ1) is 10.8. The van der Waals surface area contributed by atoms with Gasteiger partial charge in [0.05, 0.1) is 0 Å². The van der Waals surface area contributed by atoms with Crippen LogP contribution < -0.4 is 0 Å². The molecule has 0 atom stereocenters. The maximum Gasteiger partial charge on any atom is 0.129 e. The second-order valence-electron chi connectivity index (χ2n) is 6.74. The van der Waals surface area contributed by atoms with E-state index in [1.165, 1.54) is 89.9 Å². The molecule has 0 aliphatic rings. The first kappa shape index (κ1) is 21.4. The summed E-state index contributed by atoms with van der Waals surface area (Å²) >= 11 is 0. The molecule has 0 rings (SSSR count). The first-order valence-electron chi connectivity index (χ1n) is 9.91. The molecule has 0 radical (unpaired) electrons. The van der Waals surface area contributed by atoms with Crippen LogP contribution in [0.1, 0.15) is 117 Å². The summed E-state index contributed by atoms with van der Waals surface area (Å²) in [6.07, 6.45) is 25.6. The minimum Gasteiger partial charge on any atom is -0.300 e. The lowest BCUT2D eigenvalue weighted by molar-refractivity contribution is -0.117. The van der Waals surface area contributed by atoms with E-state index in [2.05, 4.69) is 19.1 Å². The van der Waals surface area contributed by atoms with Gasteiger partial charge in [-0.1, -0.05) is 83.3 Å².